The molecule has 0 aliphatic rings. The van der Waals surface area contributed by atoms with E-state index in [0.717, 1.165) is 40.5 Å². The predicted molar refractivity (Wildman–Crippen MR) is 80.9 cm³/mol. The zero-order valence-corrected chi connectivity index (χ0v) is 12.8. The number of anilines is 1. The van der Waals surface area contributed by atoms with Gasteiger partial charge in [0.05, 0.1) is 0 Å². The number of thioether (sulfide) groups is 1. The molecule has 0 radical (unpaired) electrons. The van der Waals surface area contributed by atoms with E-state index in [4.69, 9.17) is 0 Å². The Labute approximate surface area is 127 Å². The molecule has 0 fully saturated rings. The van der Waals surface area contributed by atoms with E-state index in [2.05, 4.69) is 26.7 Å². The van der Waals surface area contributed by atoms with Crippen LogP contribution >= 0.6 is 23.3 Å². The lowest BCUT2D eigenvalue weighted by Gasteiger charge is -2.03. The van der Waals surface area contributed by atoms with Gasteiger partial charge in [0.2, 0.25) is 16.2 Å². The molecule has 0 bridgehead atoms. The summed E-state index contributed by atoms with van der Waals surface area (Å²) in [6.45, 7) is 1.77. The van der Waals surface area contributed by atoms with Crippen LogP contribution in [0.5, 0.6) is 0 Å². The van der Waals surface area contributed by atoms with Gasteiger partial charge in [0, 0.05) is 29.4 Å². The summed E-state index contributed by atoms with van der Waals surface area (Å²) >= 11 is 2.58. The Hall–Kier alpha value is -1.94. The smallest absolute Gasteiger partial charge is 0.265 e. The second-order valence-corrected chi connectivity index (χ2v) is 5.83. The summed E-state index contributed by atoms with van der Waals surface area (Å²) in [5.41, 5.74) is -0.905. The molecule has 112 valence electrons. The standard InChI is InChI=1S/C11H13N5O3S2/c1-2-5-20-11-13-10(21-15-11)12-8(18)6-16-9(19)4-3-7(17)14-16/h3-4H,2,5-6H2,1H3,(H,14,17)(H,12,13,15,18). The van der Waals surface area contributed by atoms with Gasteiger partial charge in [0.1, 0.15) is 6.54 Å². The SMILES string of the molecule is CCCSc1nsc(NC(=O)Cn2[nH]c(=O)ccc2=O)n1. The first kappa shape index (κ1) is 15.4. The lowest BCUT2D eigenvalue weighted by Crippen LogP contribution is -2.32. The quantitative estimate of drug-likeness (QED) is 0.749. The Morgan fingerprint density at radius 2 is 2.29 bits per heavy atom. The number of hydrogen-bond acceptors (Lipinski definition) is 7. The number of aromatic amines is 1. The van der Waals surface area contributed by atoms with E-state index in [9.17, 15) is 14.4 Å². The van der Waals surface area contributed by atoms with Crippen LogP contribution in [0, 0.1) is 0 Å². The highest BCUT2D eigenvalue weighted by atomic mass is 32.2. The lowest BCUT2D eigenvalue weighted by molar-refractivity contribution is -0.117. The van der Waals surface area contributed by atoms with Crippen LogP contribution in [0.4, 0.5) is 5.13 Å². The van der Waals surface area contributed by atoms with Crippen LogP contribution < -0.4 is 16.4 Å². The Morgan fingerprint density at radius 1 is 1.48 bits per heavy atom. The van der Waals surface area contributed by atoms with Crippen molar-refractivity contribution in [2.45, 2.75) is 25.0 Å². The van der Waals surface area contributed by atoms with Gasteiger partial charge in [-0.25, -0.2) is 4.68 Å². The molecule has 0 atom stereocenters. The minimum Gasteiger partial charge on any atom is -0.299 e. The van der Waals surface area contributed by atoms with Crippen molar-refractivity contribution in [1.29, 1.82) is 0 Å². The van der Waals surface area contributed by atoms with E-state index in [0.29, 0.717) is 10.3 Å². The zero-order chi connectivity index (χ0) is 15.2. The fraction of sp³-hybridized carbons (Fsp3) is 0.364. The van der Waals surface area contributed by atoms with Gasteiger partial charge in [-0.3, -0.25) is 24.8 Å². The number of hydrogen-bond donors (Lipinski definition) is 2. The Bertz CT molecular complexity index is 736. The molecule has 0 saturated heterocycles. The molecule has 2 N–H and O–H groups in total. The molecule has 1 amide bonds. The van der Waals surface area contributed by atoms with Gasteiger partial charge in [0.25, 0.3) is 11.1 Å². The molecule has 0 saturated carbocycles. The molecule has 2 rings (SSSR count). The highest BCUT2D eigenvalue weighted by Gasteiger charge is 2.10. The van der Waals surface area contributed by atoms with Crippen molar-refractivity contribution in [1.82, 2.24) is 19.1 Å². The van der Waals surface area contributed by atoms with Crippen molar-refractivity contribution in [2.75, 3.05) is 11.1 Å². The fourth-order valence-corrected chi connectivity index (χ4v) is 2.81. The summed E-state index contributed by atoms with van der Waals surface area (Å²) in [6, 6.07) is 2.22. The van der Waals surface area contributed by atoms with Crippen molar-refractivity contribution in [3.05, 3.63) is 32.8 Å². The molecule has 0 aliphatic carbocycles. The minimum absolute atomic E-state index is 0.286. The van der Waals surface area contributed by atoms with Crippen LogP contribution in [0.3, 0.4) is 0 Å². The van der Waals surface area contributed by atoms with E-state index in [1.807, 2.05) is 0 Å². The first-order valence-corrected chi connectivity index (χ1v) is 7.91. The number of nitrogens with one attached hydrogen (secondary N) is 2. The van der Waals surface area contributed by atoms with Crippen molar-refractivity contribution in [3.63, 3.8) is 0 Å². The van der Waals surface area contributed by atoms with Crippen LogP contribution in [0.15, 0.2) is 26.9 Å². The minimum atomic E-state index is -0.457. The van der Waals surface area contributed by atoms with E-state index in [1.165, 1.54) is 11.8 Å². The maximum atomic E-state index is 11.8. The molecular formula is C11H13N5O3S2. The average molecular weight is 327 g/mol. The number of carbonyl (C=O) groups excluding carboxylic acids is 1. The molecule has 10 heteroatoms. The van der Waals surface area contributed by atoms with Gasteiger partial charge in [-0.05, 0) is 6.42 Å². The molecular weight excluding hydrogens is 314 g/mol. The van der Waals surface area contributed by atoms with E-state index in [-0.39, 0.29) is 6.54 Å². The normalized spacial score (nSPS) is 10.5. The Kier molecular flexibility index (Phi) is 5.28. The highest BCUT2D eigenvalue weighted by Crippen LogP contribution is 2.20. The lowest BCUT2D eigenvalue weighted by atomic mass is 10.5. The Balaban J connectivity index is 1.98. The Morgan fingerprint density at radius 3 is 3.05 bits per heavy atom. The molecule has 2 aromatic heterocycles. The summed E-state index contributed by atoms with van der Waals surface area (Å²) in [5, 5.41) is 5.80. The number of rotatable bonds is 6. The number of nitrogens with zero attached hydrogens (tertiary/aromatic N) is 3. The fourth-order valence-electron chi connectivity index (χ4n) is 1.39. The maximum Gasteiger partial charge on any atom is 0.265 e. The summed E-state index contributed by atoms with van der Waals surface area (Å²) in [6.07, 6.45) is 1.01. The van der Waals surface area contributed by atoms with Gasteiger partial charge < -0.3 is 0 Å². The molecule has 0 spiro atoms. The van der Waals surface area contributed by atoms with Crippen LogP contribution in [0.25, 0.3) is 0 Å². The molecule has 2 heterocycles. The molecule has 0 aromatic carbocycles. The summed E-state index contributed by atoms with van der Waals surface area (Å²) in [4.78, 5) is 38.5. The zero-order valence-electron chi connectivity index (χ0n) is 11.2. The van der Waals surface area contributed by atoms with E-state index in [1.54, 1.807) is 0 Å². The number of carbonyl (C=O) groups is 1. The third-order valence-electron chi connectivity index (χ3n) is 2.28. The molecule has 8 nitrogen and oxygen atoms in total. The summed E-state index contributed by atoms with van der Waals surface area (Å²) in [7, 11) is 0. The first-order valence-electron chi connectivity index (χ1n) is 6.15. The van der Waals surface area contributed by atoms with Gasteiger partial charge in [-0.1, -0.05) is 18.7 Å². The number of H-pyrrole nitrogens is 1. The monoisotopic (exact) mass is 327 g/mol. The van der Waals surface area contributed by atoms with Crippen molar-refractivity contribution in [2.24, 2.45) is 0 Å². The third-order valence-corrected chi connectivity index (χ3v) is 4.08. The third kappa shape index (κ3) is 4.53. The topological polar surface area (TPSA) is 110 Å². The van der Waals surface area contributed by atoms with Crippen molar-refractivity contribution < 1.29 is 4.79 Å². The number of amides is 1. The van der Waals surface area contributed by atoms with Gasteiger partial charge in [-0.15, -0.1) is 0 Å². The molecule has 0 unspecified atom stereocenters. The van der Waals surface area contributed by atoms with Gasteiger partial charge >= 0.3 is 0 Å². The maximum absolute atomic E-state index is 11.8. The summed E-state index contributed by atoms with van der Waals surface area (Å²) in [5.74, 6) is 0.451. The first-order chi connectivity index (χ1) is 10.1. The largest absolute Gasteiger partial charge is 0.299 e. The molecule has 2 aromatic rings. The van der Waals surface area contributed by atoms with Gasteiger partial charge in [0.15, 0.2) is 0 Å². The van der Waals surface area contributed by atoms with Gasteiger partial charge in [-0.2, -0.15) is 9.36 Å². The van der Waals surface area contributed by atoms with E-state index < -0.39 is 17.0 Å². The van der Waals surface area contributed by atoms with E-state index >= 15 is 0 Å². The van der Waals surface area contributed by atoms with Crippen LogP contribution in [-0.4, -0.2) is 30.8 Å². The molecule has 0 aliphatic heterocycles. The van der Waals surface area contributed by atoms with Crippen LogP contribution in [-0.2, 0) is 11.3 Å². The van der Waals surface area contributed by atoms with Crippen molar-refractivity contribution >= 4 is 34.3 Å². The summed E-state index contributed by atoms with van der Waals surface area (Å²) < 4.78 is 5.03. The van der Waals surface area contributed by atoms with Crippen molar-refractivity contribution in [3.8, 4) is 0 Å². The average Bonchev–Trinajstić information content (AvgIpc) is 2.88. The number of aromatic nitrogens is 4. The predicted octanol–water partition coefficient (Wildman–Crippen LogP) is 0.529. The molecule has 21 heavy (non-hydrogen) atoms. The second-order valence-electron chi connectivity index (χ2n) is 4.01. The van der Waals surface area contributed by atoms with Crippen LogP contribution in [0.2, 0.25) is 0 Å². The van der Waals surface area contributed by atoms with Crippen LogP contribution in [0.1, 0.15) is 13.3 Å². The highest BCUT2D eigenvalue weighted by molar-refractivity contribution is 7.99. The second kappa shape index (κ2) is 7.18.